The van der Waals surface area contributed by atoms with Crippen LogP contribution in [0.15, 0.2) is 42.5 Å². The zero-order valence-corrected chi connectivity index (χ0v) is 18.2. The number of methoxy groups -OCH3 is 2. The van der Waals surface area contributed by atoms with E-state index in [4.69, 9.17) is 14.5 Å². The van der Waals surface area contributed by atoms with E-state index in [1.165, 1.54) is 11.3 Å². The minimum absolute atomic E-state index is 0.0416. The maximum absolute atomic E-state index is 13.2. The molecule has 3 aromatic rings. The normalized spacial score (nSPS) is 11.1. The van der Waals surface area contributed by atoms with Gasteiger partial charge < -0.3 is 14.4 Å². The van der Waals surface area contributed by atoms with E-state index in [9.17, 15) is 4.79 Å². The van der Waals surface area contributed by atoms with E-state index in [-0.39, 0.29) is 5.91 Å². The van der Waals surface area contributed by atoms with E-state index in [0.717, 1.165) is 45.4 Å². The van der Waals surface area contributed by atoms with Crippen molar-refractivity contribution in [2.24, 2.45) is 0 Å². The summed E-state index contributed by atoms with van der Waals surface area (Å²) in [7, 11) is 7.35. The molecule has 0 saturated carbocycles. The Morgan fingerprint density at radius 3 is 2.34 bits per heavy atom. The van der Waals surface area contributed by atoms with Crippen molar-refractivity contribution in [3.05, 3.63) is 48.0 Å². The van der Waals surface area contributed by atoms with Gasteiger partial charge in [0, 0.05) is 6.54 Å². The minimum Gasteiger partial charge on any atom is -0.497 e. The smallest absolute Gasteiger partial charge is 0.233 e. The van der Waals surface area contributed by atoms with Gasteiger partial charge in [0.05, 0.1) is 30.9 Å². The Bertz CT molecular complexity index is 954. The molecule has 1 aromatic heterocycles. The van der Waals surface area contributed by atoms with Crippen LogP contribution in [0.2, 0.25) is 0 Å². The van der Waals surface area contributed by atoms with Crippen LogP contribution in [0.5, 0.6) is 11.5 Å². The SMILES string of the molecule is COc1ccc(CC(=O)N(CCCN(C)C)c2nc3ccc(OC)cc3s2)cc1. The number of amides is 1. The monoisotopic (exact) mass is 413 g/mol. The first-order valence-corrected chi connectivity index (χ1v) is 10.3. The molecule has 0 aliphatic heterocycles. The Labute approximate surface area is 175 Å². The summed E-state index contributed by atoms with van der Waals surface area (Å²) in [6, 6.07) is 13.4. The molecule has 0 aliphatic carbocycles. The fourth-order valence-electron chi connectivity index (χ4n) is 3.02. The highest BCUT2D eigenvalue weighted by Gasteiger charge is 2.20. The molecule has 2 aromatic carbocycles. The van der Waals surface area contributed by atoms with Gasteiger partial charge in [-0.2, -0.15) is 0 Å². The number of thiazole rings is 1. The van der Waals surface area contributed by atoms with Crippen molar-refractivity contribution in [1.29, 1.82) is 0 Å². The zero-order chi connectivity index (χ0) is 20.8. The lowest BCUT2D eigenvalue weighted by molar-refractivity contribution is -0.118. The zero-order valence-electron chi connectivity index (χ0n) is 17.3. The van der Waals surface area contributed by atoms with Crippen LogP contribution < -0.4 is 14.4 Å². The number of fused-ring (bicyclic) bond motifs is 1. The van der Waals surface area contributed by atoms with Crippen LogP contribution in [-0.2, 0) is 11.2 Å². The summed E-state index contributed by atoms with van der Waals surface area (Å²) in [5, 5.41) is 0.727. The molecule has 0 aliphatic rings. The second-order valence-corrected chi connectivity index (χ2v) is 8.07. The number of nitrogens with zero attached hydrogens (tertiary/aromatic N) is 3. The van der Waals surface area contributed by atoms with Crippen molar-refractivity contribution in [3.63, 3.8) is 0 Å². The molecule has 0 N–H and O–H groups in total. The van der Waals surface area contributed by atoms with Gasteiger partial charge in [-0.25, -0.2) is 4.98 Å². The number of aromatic nitrogens is 1. The predicted octanol–water partition coefficient (Wildman–Crippen LogP) is 3.84. The molecular formula is C22H27N3O3S. The van der Waals surface area contributed by atoms with Gasteiger partial charge in [0.15, 0.2) is 5.13 Å². The summed E-state index contributed by atoms with van der Waals surface area (Å²) in [4.78, 5) is 21.8. The molecule has 0 saturated heterocycles. The Morgan fingerprint density at radius 2 is 1.69 bits per heavy atom. The molecule has 6 nitrogen and oxygen atoms in total. The third kappa shape index (κ3) is 5.46. The van der Waals surface area contributed by atoms with Crippen LogP contribution in [0.3, 0.4) is 0 Å². The second kappa shape index (κ2) is 9.71. The third-order valence-electron chi connectivity index (χ3n) is 4.62. The van der Waals surface area contributed by atoms with E-state index in [0.29, 0.717) is 13.0 Å². The second-order valence-electron chi connectivity index (χ2n) is 7.06. The molecule has 0 unspecified atom stereocenters. The van der Waals surface area contributed by atoms with Gasteiger partial charge >= 0.3 is 0 Å². The fourth-order valence-corrected chi connectivity index (χ4v) is 4.06. The molecule has 0 fully saturated rings. The highest BCUT2D eigenvalue weighted by atomic mass is 32.1. The van der Waals surface area contributed by atoms with Gasteiger partial charge in [-0.1, -0.05) is 23.5 Å². The van der Waals surface area contributed by atoms with Crippen molar-refractivity contribution in [3.8, 4) is 11.5 Å². The quantitative estimate of drug-likeness (QED) is 0.533. The van der Waals surface area contributed by atoms with E-state index < -0.39 is 0 Å². The molecule has 154 valence electrons. The van der Waals surface area contributed by atoms with Crippen LogP contribution >= 0.6 is 11.3 Å². The molecule has 7 heteroatoms. The standard InChI is InChI=1S/C22H27N3O3S/c1-24(2)12-5-13-25(21(26)14-16-6-8-17(27-3)9-7-16)22-23-19-11-10-18(28-4)15-20(19)29-22/h6-11,15H,5,12-14H2,1-4H3. The molecule has 3 rings (SSSR count). The van der Waals surface area contributed by atoms with Gasteiger partial charge in [0.2, 0.25) is 5.91 Å². The van der Waals surface area contributed by atoms with Gasteiger partial charge in [-0.05, 0) is 63.0 Å². The first kappa shape index (κ1) is 21.1. The minimum atomic E-state index is 0.0416. The van der Waals surface area contributed by atoms with Crippen molar-refractivity contribution < 1.29 is 14.3 Å². The van der Waals surface area contributed by atoms with Crippen molar-refractivity contribution in [2.45, 2.75) is 12.8 Å². The van der Waals surface area contributed by atoms with E-state index in [1.807, 2.05) is 61.5 Å². The molecule has 0 bridgehead atoms. The Morgan fingerprint density at radius 1 is 1.00 bits per heavy atom. The van der Waals surface area contributed by atoms with E-state index >= 15 is 0 Å². The fraction of sp³-hybridized carbons (Fsp3) is 0.364. The average molecular weight is 414 g/mol. The van der Waals surface area contributed by atoms with Gasteiger partial charge in [-0.15, -0.1) is 0 Å². The predicted molar refractivity (Wildman–Crippen MR) is 118 cm³/mol. The van der Waals surface area contributed by atoms with E-state index in [2.05, 4.69) is 4.90 Å². The summed E-state index contributed by atoms with van der Waals surface area (Å²) in [5.41, 5.74) is 1.83. The van der Waals surface area contributed by atoms with E-state index in [1.54, 1.807) is 14.2 Å². The molecule has 0 atom stereocenters. The number of rotatable bonds is 9. The van der Waals surface area contributed by atoms with Crippen LogP contribution in [0, 0.1) is 0 Å². The number of hydrogen-bond acceptors (Lipinski definition) is 6. The van der Waals surface area contributed by atoms with Crippen LogP contribution in [0.1, 0.15) is 12.0 Å². The lowest BCUT2D eigenvalue weighted by Gasteiger charge is -2.21. The molecule has 1 amide bonds. The third-order valence-corrected chi connectivity index (χ3v) is 5.66. The lowest BCUT2D eigenvalue weighted by atomic mass is 10.1. The number of ether oxygens (including phenoxy) is 2. The summed E-state index contributed by atoms with van der Waals surface area (Å²) in [5.74, 6) is 1.61. The maximum atomic E-state index is 13.2. The first-order valence-electron chi connectivity index (χ1n) is 9.52. The summed E-state index contributed by atoms with van der Waals surface area (Å²) in [6.45, 7) is 1.54. The highest BCUT2D eigenvalue weighted by molar-refractivity contribution is 7.22. The van der Waals surface area contributed by atoms with Gasteiger partial charge in [-0.3, -0.25) is 9.69 Å². The number of carbonyl (C=O) groups excluding carboxylic acids is 1. The number of hydrogen-bond donors (Lipinski definition) is 0. The lowest BCUT2D eigenvalue weighted by Crippen LogP contribution is -2.34. The van der Waals surface area contributed by atoms with Crippen molar-refractivity contribution in [1.82, 2.24) is 9.88 Å². The van der Waals surface area contributed by atoms with Crippen LogP contribution in [-0.4, -0.2) is 57.2 Å². The molecular weight excluding hydrogens is 386 g/mol. The molecule has 0 spiro atoms. The summed E-state index contributed by atoms with van der Waals surface area (Å²) >= 11 is 1.52. The Hall–Kier alpha value is -2.64. The maximum Gasteiger partial charge on any atom is 0.233 e. The number of anilines is 1. The first-order chi connectivity index (χ1) is 14.0. The Kier molecular flexibility index (Phi) is 7.06. The van der Waals surface area contributed by atoms with Crippen LogP contribution in [0.25, 0.3) is 10.2 Å². The summed E-state index contributed by atoms with van der Waals surface area (Å²) < 4.78 is 11.5. The summed E-state index contributed by atoms with van der Waals surface area (Å²) in [6.07, 6.45) is 1.20. The van der Waals surface area contributed by atoms with Crippen molar-refractivity contribution in [2.75, 3.05) is 46.3 Å². The van der Waals surface area contributed by atoms with Crippen molar-refractivity contribution >= 4 is 32.6 Å². The molecule has 29 heavy (non-hydrogen) atoms. The topological polar surface area (TPSA) is 54.9 Å². The molecule has 1 heterocycles. The number of carbonyl (C=O) groups is 1. The van der Waals surface area contributed by atoms with Gasteiger partial charge in [0.1, 0.15) is 11.5 Å². The number of benzene rings is 2. The molecule has 0 radical (unpaired) electrons. The highest BCUT2D eigenvalue weighted by Crippen LogP contribution is 2.32. The van der Waals surface area contributed by atoms with Gasteiger partial charge in [0.25, 0.3) is 0 Å². The average Bonchev–Trinajstić information content (AvgIpc) is 3.14. The van der Waals surface area contributed by atoms with Crippen LogP contribution in [0.4, 0.5) is 5.13 Å². The largest absolute Gasteiger partial charge is 0.497 e. The Balaban J connectivity index is 1.83.